The van der Waals surface area contributed by atoms with E-state index in [0.717, 1.165) is 12.8 Å². The molecule has 1 saturated carbocycles. The number of pyridine rings is 1. The van der Waals surface area contributed by atoms with Gasteiger partial charge in [0, 0.05) is 6.20 Å². The van der Waals surface area contributed by atoms with E-state index in [1.807, 2.05) is 0 Å². The molecule has 17 heavy (non-hydrogen) atoms. The SMILES string of the molecule is CC(OCC(F)(F)F)(c1ccccn1)C1CC1. The van der Waals surface area contributed by atoms with Crippen molar-refractivity contribution in [2.24, 2.45) is 5.92 Å². The normalized spacial score (nSPS) is 20.0. The van der Waals surface area contributed by atoms with Crippen molar-refractivity contribution in [3.8, 4) is 0 Å². The zero-order chi connectivity index (χ0) is 12.5. The third kappa shape index (κ3) is 2.97. The van der Waals surface area contributed by atoms with E-state index in [2.05, 4.69) is 4.98 Å². The summed E-state index contributed by atoms with van der Waals surface area (Å²) in [5, 5.41) is 0. The van der Waals surface area contributed by atoms with Crippen molar-refractivity contribution >= 4 is 0 Å². The van der Waals surface area contributed by atoms with E-state index < -0.39 is 18.4 Å². The molecule has 94 valence electrons. The minimum absolute atomic E-state index is 0.139. The van der Waals surface area contributed by atoms with Crippen LogP contribution >= 0.6 is 0 Å². The van der Waals surface area contributed by atoms with E-state index in [0.29, 0.717) is 5.69 Å². The molecule has 1 unspecified atom stereocenters. The van der Waals surface area contributed by atoms with Gasteiger partial charge in [-0.2, -0.15) is 13.2 Å². The summed E-state index contributed by atoms with van der Waals surface area (Å²) in [5.74, 6) is 0.139. The van der Waals surface area contributed by atoms with Gasteiger partial charge in [0.2, 0.25) is 0 Å². The molecule has 1 aromatic rings. The van der Waals surface area contributed by atoms with Crippen LogP contribution in [0.5, 0.6) is 0 Å². The predicted octanol–water partition coefficient (Wildman–Crippen LogP) is 3.29. The third-order valence-corrected chi connectivity index (χ3v) is 3.07. The van der Waals surface area contributed by atoms with Gasteiger partial charge in [-0.1, -0.05) is 6.07 Å². The van der Waals surface area contributed by atoms with Crippen LogP contribution in [0.4, 0.5) is 13.2 Å². The molecule has 1 heterocycles. The standard InChI is InChI=1S/C12H14F3NO/c1-11(9-5-6-9,17-8-12(13,14)15)10-4-2-3-7-16-10/h2-4,7,9H,5-6,8H2,1H3. The van der Waals surface area contributed by atoms with Gasteiger partial charge in [-0.05, 0) is 37.8 Å². The van der Waals surface area contributed by atoms with Crippen LogP contribution in [0.2, 0.25) is 0 Å². The van der Waals surface area contributed by atoms with Crippen molar-refractivity contribution in [2.75, 3.05) is 6.61 Å². The number of rotatable bonds is 4. The van der Waals surface area contributed by atoms with Crippen LogP contribution in [0.3, 0.4) is 0 Å². The fourth-order valence-corrected chi connectivity index (χ4v) is 1.92. The van der Waals surface area contributed by atoms with E-state index in [1.54, 1.807) is 31.3 Å². The number of aromatic nitrogens is 1. The molecular weight excluding hydrogens is 231 g/mol. The van der Waals surface area contributed by atoms with Gasteiger partial charge in [0.25, 0.3) is 0 Å². The second-order valence-electron chi connectivity index (χ2n) is 4.50. The highest BCUT2D eigenvalue weighted by atomic mass is 19.4. The number of ether oxygens (including phenoxy) is 1. The first-order valence-corrected chi connectivity index (χ1v) is 5.54. The molecule has 0 amide bonds. The smallest absolute Gasteiger partial charge is 0.359 e. The van der Waals surface area contributed by atoms with Crippen molar-refractivity contribution in [2.45, 2.75) is 31.5 Å². The van der Waals surface area contributed by atoms with Gasteiger partial charge < -0.3 is 4.74 Å². The molecule has 0 saturated heterocycles. The Kier molecular flexibility index (Phi) is 3.12. The summed E-state index contributed by atoms with van der Waals surface area (Å²) in [7, 11) is 0. The maximum Gasteiger partial charge on any atom is 0.411 e. The molecule has 1 aliphatic carbocycles. The maximum atomic E-state index is 12.2. The number of halogens is 3. The summed E-state index contributed by atoms with van der Waals surface area (Å²) < 4.78 is 41.8. The van der Waals surface area contributed by atoms with Crippen molar-refractivity contribution in [1.82, 2.24) is 4.98 Å². The zero-order valence-electron chi connectivity index (χ0n) is 9.50. The Hall–Kier alpha value is -1.10. The molecule has 1 atom stereocenters. The lowest BCUT2D eigenvalue weighted by Gasteiger charge is -2.30. The Morgan fingerprint density at radius 2 is 2.06 bits per heavy atom. The second kappa shape index (κ2) is 4.29. The van der Waals surface area contributed by atoms with Crippen LogP contribution in [0.25, 0.3) is 0 Å². The lowest BCUT2D eigenvalue weighted by Crippen LogP contribution is -2.34. The topological polar surface area (TPSA) is 22.1 Å². The number of hydrogen-bond acceptors (Lipinski definition) is 2. The molecule has 0 aromatic carbocycles. The zero-order valence-corrected chi connectivity index (χ0v) is 9.50. The highest BCUT2D eigenvalue weighted by molar-refractivity contribution is 5.16. The van der Waals surface area contributed by atoms with Crippen molar-refractivity contribution in [3.63, 3.8) is 0 Å². The highest BCUT2D eigenvalue weighted by Gasteiger charge is 2.46. The first kappa shape index (κ1) is 12.4. The van der Waals surface area contributed by atoms with Crippen LogP contribution in [0, 0.1) is 5.92 Å². The second-order valence-corrected chi connectivity index (χ2v) is 4.50. The van der Waals surface area contributed by atoms with Crippen molar-refractivity contribution in [3.05, 3.63) is 30.1 Å². The molecule has 2 nitrogen and oxygen atoms in total. The minimum atomic E-state index is -4.30. The van der Waals surface area contributed by atoms with E-state index in [1.165, 1.54) is 0 Å². The third-order valence-electron chi connectivity index (χ3n) is 3.07. The van der Waals surface area contributed by atoms with Gasteiger partial charge in [0.05, 0.1) is 5.69 Å². The van der Waals surface area contributed by atoms with E-state index in [4.69, 9.17) is 4.74 Å². The monoisotopic (exact) mass is 245 g/mol. The quantitative estimate of drug-likeness (QED) is 0.812. The van der Waals surface area contributed by atoms with Crippen molar-refractivity contribution < 1.29 is 17.9 Å². The lowest BCUT2D eigenvalue weighted by molar-refractivity contribution is -0.209. The predicted molar refractivity (Wildman–Crippen MR) is 56.3 cm³/mol. The summed E-state index contributed by atoms with van der Waals surface area (Å²) in [6.45, 7) is 0.468. The van der Waals surface area contributed by atoms with Gasteiger partial charge in [0.15, 0.2) is 0 Å². The highest BCUT2D eigenvalue weighted by Crippen LogP contribution is 2.47. The maximum absolute atomic E-state index is 12.2. The Morgan fingerprint density at radius 1 is 1.35 bits per heavy atom. The Labute approximate surface area is 97.8 Å². The van der Waals surface area contributed by atoms with Crippen molar-refractivity contribution in [1.29, 1.82) is 0 Å². The summed E-state index contributed by atoms with van der Waals surface area (Å²) in [5.41, 5.74) is -0.344. The Bertz CT molecular complexity index is 375. The van der Waals surface area contributed by atoms with Crippen LogP contribution in [-0.4, -0.2) is 17.8 Å². The van der Waals surface area contributed by atoms with E-state index in [9.17, 15) is 13.2 Å². The van der Waals surface area contributed by atoms with Gasteiger partial charge in [-0.25, -0.2) is 0 Å². The average molecular weight is 245 g/mol. The van der Waals surface area contributed by atoms with Crippen LogP contribution < -0.4 is 0 Å². The number of alkyl halides is 3. The molecule has 1 aromatic heterocycles. The largest absolute Gasteiger partial charge is 0.411 e. The molecule has 1 aliphatic rings. The van der Waals surface area contributed by atoms with Gasteiger partial charge in [0.1, 0.15) is 12.2 Å². The fourth-order valence-electron chi connectivity index (χ4n) is 1.92. The molecule has 2 rings (SSSR count). The Morgan fingerprint density at radius 3 is 2.53 bits per heavy atom. The number of hydrogen-bond donors (Lipinski definition) is 0. The van der Waals surface area contributed by atoms with Gasteiger partial charge in [-0.3, -0.25) is 4.98 Å². The molecule has 0 N–H and O–H groups in total. The summed E-state index contributed by atoms with van der Waals surface area (Å²) in [4.78, 5) is 4.12. The van der Waals surface area contributed by atoms with Crippen LogP contribution in [0.15, 0.2) is 24.4 Å². The van der Waals surface area contributed by atoms with E-state index in [-0.39, 0.29) is 5.92 Å². The molecule has 0 aliphatic heterocycles. The summed E-state index contributed by atoms with van der Waals surface area (Å²) >= 11 is 0. The summed E-state index contributed by atoms with van der Waals surface area (Å²) in [6, 6.07) is 5.22. The first-order chi connectivity index (χ1) is 7.92. The molecule has 0 bridgehead atoms. The molecule has 0 radical (unpaired) electrons. The Balaban J connectivity index is 2.16. The molecule has 5 heteroatoms. The fraction of sp³-hybridized carbons (Fsp3) is 0.583. The van der Waals surface area contributed by atoms with Crippen LogP contribution in [0.1, 0.15) is 25.5 Å². The molecule has 1 fully saturated rings. The molecule has 0 spiro atoms. The summed E-state index contributed by atoms with van der Waals surface area (Å²) in [6.07, 6.45) is -0.937. The number of nitrogens with zero attached hydrogens (tertiary/aromatic N) is 1. The molecular formula is C12H14F3NO. The average Bonchev–Trinajstić information content (AvgIpc) is 3.10. The first-order valence-electron chi connectivity index (χ1n) is 5.54. The minimum Gasteiger partial charge on any atom is -0.359 e. The van der Waals surface area contributed by atoms with Crippen LogP contribution in [-0.2, 0) is 10.3 Å². The lowest BCUT2D eigenvalue weighted by atomic mass is 9.95. The van der Waals surface area contributed by atoms with Gasteiger partial charge in [-0.15, -0.1) is 0 Å². The van der Waals surface area contributed by atoms with E-state index >= 15 is 0 Å². The van der Waals surface area contributed by atoms with Gasteiger partial charge >= 0.3 is 6.18 Å².